The van der Waals surface area contributed by atoms with E-state index < -0.39 is 0 Å². The molecule has 0 radical (unpaired) electrons. The smallest absolute Gasteiger partial charge is 0.165 e. The first-order chi connectivity index (χ1) is 13.2. The van der Waals surface area contributed by atoms with Gasteiger partial charge in [0.1, 0.15) is 0 Å². The van der Waals surface area contributed by atoms with Gasteiger partial charge in [0, 0.05) is 0 Å². The molecule has 0 aliphatic heterocycles. The molecule has 0 amide bonds. The SMILES string of the molecule is CCCCCCCOc1ccc(-c2ccc(CCCCCC)cc2)cc1F. The third kappa shape index (κ3) is 7.74. The van der Waals surface area contributed by atoms with Gasteiger partial charge >= 0.3 is 0 Å². The van der Waals surface area contributed by atoms with Gasteiger partial charge in [0.05, 0.1) is 6.61 Å². The molecule has 0 unspecified atom stereocenters. The van der Waals surface area contributed by atoms with Crippen LogP contribution in [0.1, 0.15) is 77.2 Å². The maximum absolute atomic E-state index is 14.4. The number of benzene rings is 2. The van der Waals surface area contributed by atoms with E-state index in [0.717, 1.165) is 30.4 Å². The molecule has 2 rings (SSSR count). The van der Waals surface area contributed by atoms with Crippen LogP contribution in [-0.4, -0.2) is 6.61 Å². The maximum Gasteiger partial charge on any atom is 0.165 e. The van der Waals surface area contributed by atoms with Gasteiger partial charge in [0.2, 0.25) is 0 Å². The Hall–Kier alpha value is -1.83. The Labute approximate surface area is 165 Å². The normalized spacial score (nSPS) is 10.9. The lowest BCUT2D eigenvalue weighted by Gasteiger charge is -2.09. The fourth-order valence-corrected chi connectivity index (χ4v) is 3.30. The van der Waals surface area contributed by atoms with E-state index in [1.165, 1.54) is 50.5 Å². The van der Waals surface area contributed by atoms with E-state index in [9.17, 15) is 4.39 Å². The molecule has 27 heavy (non-hydrogen) atoms. The molecule has 148 valence electrons. The minimum atomic E-state index is -0.273. The second-order valence-electron chi connectivity index (χ2n) is 7.42. The van der Waals surface area contributed by atoms with Crippen molar-refractivity contribution < 1.29 is 9.13 Å². The number of unbranched alkanes of at least 4 members (excludes halogenated alkanes) is 7. The van der Waals surface area contributed by atoms with Gasteiger partial charge in [-0.2, -0.15) is 0 Å². The Bertz CT molecular complexity index is 648. The summed E-state index contributed by atoms with van der Waals surface area (Å²) in [5.74, 6) is 0.0893. The Balaban J connectivity index is 1.85. The maximum atomic E-state index is 14.4. The number of ether oxygens (including phenoxy) is 1. The minimum Gasteiger partial charge on any atom is -0.491 e. The molecule has 0 saturated heterocycles. The van der Waals surface area contributed by atoms with Crippen molar-refractivity contribution >= 4 is 0 Å². The highest BCUT2D eigenvalue weighted by molar-refractivity contribution is 5.64. The van der Waals surface area contributed by atoms with Gasteiger partial charge in [0.25, 0.3) is 0 Å². The summed E-state index contributed by atoms with van der Waals surface area (Å²) in [6.07, 6.45) is 12.1. The van der Waals surface area contributed by atoms with E-state index in [2.05, 4.69) is 38.1 Å². The quantitative estimate of drug-likeness (QED) is 0.325. The predicted octanol–water partition coefficient (Wildman–Crippen LogP) is 7.96. The van der Waals surface area contributed by atoms with E-state index >= 15 is 0 Å². The third-order valence-corrected chi connectivity index (χ3v) is 5.04. The first-order valence-corrected chi connectivity index (χ1v) is 10.8. The van der Waals surface area contributed by atoms with Gasteiger partial charge in [-0.05, 0) is 48.1 Å². The lowest BCUT2D eigenvalue weighted by molar-refractivity contribution is 0.290. The lowest BCUT2D eigenvalue weighted by atomic mass is 10.0. The van der Waals surface area contributed by atoms with Crippen molar-refractivity contribution in [3.63, 3.8) is 0 Å². The van der Waals surface area contributed by atoms with Crippen LogP contribution < -0.4 is 4.74 Å². The van der Waals surface area contributed by atoms with Crippen molar-refractivity contribution in [3.8, 4) is 16.9 Å². The number of hydrogen-bond acceptors (Lipinski definition) is 1. The number of hydrogen-bond donors (Lipinski definition) is 0. The van der Waals surface area contributed by atoms with Crippen LogP contribution in [0.5, 0.6) is 5.75 Å². The van der Waals surface area contributed by atoms with Crippen LogP contribution in [-0.2, 0) is 6.42 Å². The summed E-state index contributed by atoms with van der Waals surface area (Å²) in [6, 6.07) is 13.8. The molecule has 0 aliphatic carbocycles. The molecule has 0 saturated carbocycles. The van der Waals surface area contributed by atoms with E-state index in [1.54, 1.807) is 12.1 Å². The van der Waals surface area contributed by atoms with Crippen molar-refractivity contribution in [2.24, 2.45) is 0 Å². The molecule has 0 spiro atoms. The summed E-state index contributed by atoms with van der Waals surface area (Å²) < 4.78 is 20.0. The van der Waals surface area contributed by atoms with Crippen LogP contribution >= 0.6 is 0 Å². The highest BCUT2D eigenvalue weighted by Gasteiger charge is 2.07. The Morgan fingerprint density at radius 1 is 0.704 bits per heavy atom. The topological polar surface area (TPSA) is 9.23 Å². The number of halogens is 1. The predicted molar refractivity (Wildman–Crippen MR) is 114 cm³/mol. The fraction of sp³-hybridized carbons (Fsp3) is 0.520. The van der Waals surface area contributed by atoms with Crippen LogP contribution in [0, 0.1) is 5.82 Å². The summed E-state index contributed by atoms with van der Waals surface area (Å²) in [5.41, 5.74) is 3.32. The molecular formula is C25H35FO. The largest absolute Gasteiger partial charge is 0.491 e. The van der Waals surface area contributed by atoms with Crippen molar-refractivity contribution in [2.45, 2.75) is 78.1 Å². The first-order valence-electron chi connectivity index (χ1n) is 10.8. The monoisotopic (exact) mass is 370 g/mol. The highest BCUT2D eigenvalue weighted by Crippen LogP contribution is 2.26. The molecular weight excluding hydrogens is 335 g/mol. The minimum absolute atomic E-state index is 0.273. The van der Waals surface area contributed by atoms with E-state index in [0.29, 0.717) is 12.4 Å². The molecule has 2 heteroatoms. The standard InChI is InChI=1S/C25H35FO/c1-3-5-7-9-11-19-27-25-18-17-23(20-24(25)26)22-15-13-21(14-16-22)12-10-8-6-4-2/h13-18,20H,3-12,19H2,1-2H3. The van der Waals surface area contributed by atoms with Gasteiger partial charge in [-0.15, -0.1) is 0 Å². The van der Waals surface area contributed by atoms with Gasteiger partial charge in [0.15, 0.2) is 11.6 Å². The van der Waals surface area contributed by atoms with Crippen LogP contribution in [0.4, 0.5) is 4.39 Å². The summed E-state index contributed by atoms with van der Waals surface area (Å²) in [7, 11) is 0. The van der Waals surface area contributed by atoms with Gasteiger partial charge in [-0.3, -0.25) is 0 Å². The van der Waals surface area contributed by atoms with Crippen molar-refractivity contribution in [3.05, 3.63) is 53.8 Å². The first kappa shape index (κ1) is 21.5. The van der Waals surface area contributed by atoms with Crippen LogP contribution in [0.2, 0.25) is 0 Å². The number of aryl methyl sites for hydroxylation is 1. The molecule has 0 atom stereocenters. The average Bonchev–Trinajstić information content (AvgIpc) is 2.69. The van der Waals surface area contributed by atoms with Crippen LogP contribution in [0.25, 0.3) is 11.1 Å². The van der Waals surface area contributed by atoms with Gasteiger partial charge in [-0.25, -0.2) is 4.39 Å². The molecule has 0 aromatic heterocycles. The Morgan fingerprint density at radius 3 is 2.00 bits per heavy atom. The second kappa shape index (κ2) is 12.5. The number of rotatable bonds is 13. The van der Waals surface area contributed by atoms with Crippen molar-refractivity contribution in [2.75, 3.05) is 6.61 Å². The zero-order chi connectivity index (χ0) is 19.3. The molecule has 2 aromatic carbocycles. The van der Waals surface area contributed by atoms with Crippen LogP contribution in [0.15, 0.2) is 42.5 Å². The molecule has 0 fully saturated rings. The molecule has 0 heterocycles. The Morgan fingerprint density at radius 2 is 1.33 bits per heavy atom. The summed E-state index contributed by atoms with van der Waals surface area (Å²) in [4.78, 5) is 0. The molecule has 2 aromatic rings. The molecule has 0 N–H and O–H groups in total. The zero-order valence-corrected chi connectivity index (χ0v) is 17.1. The van der Waals surface area contributed by atoms with E-state index in [-0.39, 0.29) is 5.82 Å². The fourth-order valence-electron chi connectivity index (χ4n) is 3.30. The molecule has 0 bridgehead atoms. The second-order valence-corrected chi connectivity index (χ2v) is 7.42. The third-order valence-electron chi connectivity index (χ3n) is 5.04. The molecule has 0 aliphatic rings. The van der Waals surface area contributed by atoms with E-state index in [1.807, 2.05) is 6.07 Å². The van der Waals surface area contributed by atoms with Crippen molar-refractivity contribution in [1.82, 2.24) is 0 Å². The van der Waals surface area contributed by atoms with Gasteiger partial charge in [-0.1, -0.05) is 89.1 Å². The summed E-state index contributed by atoms with van der Waals surface area (Å²) in [5, 5.41) is 0. The zero-order valence-electron chi connectivity index (χ0n) is 17.1. The summed E-state index contributed by atoms with van der Waals surface area (Å²) >= 11 is 0. The van der Waals surface area contributed by atoms with E-state index in [4.69, 9.17) is 4.74 Å². The van der Waals surface area contributed by atoms with Crippen LogP contribution in [0.3, 0.4) is 0 Å². The van der Waals surface area contributed by atoms with Gasteiger partial charge < -0.3 is 4.74 Å². The summed E-state index contributed by atoms with van der Waals surface area (Å²) in [6.45, 7) is 5.03. The van der Waals surface area contributed by atoms with Crippen molar-refractivity contribution in [1.29, 1.82) is 0 Å². The average molecular weight is 371 g/mol. The Kier molecular flexibility index (Phi) is 9.97. The highest BCUT2D eigenvalue weighted by atomic mass is 19.1. The lowest BCUT2D eigenvalue weighted by Crippen LogP contribution is -1.99. The molecule has 1 nitrogen and oxygen atoms in total.